The molecule has 0 aromatic carbocycles. The Morgan fingerprint density at radius 1 is 1.70 bits per heavy atom. The summed E-state index contributed by atoms with van der Waals surface area (Å²) >= 11 is 3.28. The minimum atomic E-state index is -0.669. The third-order valence-corrected chi connectivity index (χ3v) is 2.79. The highest BCUT2D eigenvalue weighted by Crippen LogP contribution is 2.18. The summed E-state index contributed by atoms with van der Waals surface area (Å²) in [6, 6.07) is 3.56. The van der Waals surface area contributed by atoms with Crippen molar-refractivity contribution in [3.8, 4) is 0 Å². The Morgan fingerprint density at radius 2 is 2.50 bits per heavy atom. The molecular formula is C12H10BrN5O2. The van der Waals surface area contributed by atoms with Crippen LogP contribution in [0.15, 0.2) is 39.9 Å². The zero-order valence-electron chi connectivity index (χ0n) is 10.5. The second-order valence-electron chi connectivity index (χ2n) is 3.70. The quantitative estimate of drug-likeness (QED) is 0.282. The van der Waals surface area contributed by atoms with Crippen molar-refractivity contribution in [2.75, 3.05) is 6.61 Å². The maximum Gasteiger partial charge on any atom is 0.340 e. The van der Waals surface area contributed by atoms with Crippen LogP contribution >= 0.6 is 15.9 Å². The number of rotatable bonds is 4. The zero-order valence-corrected chi connectivity index (χ0v) is 12.1. The summed E-state index contributed by atoms with van der Waals surface area (Å²) in [6.07, 6.45) is 5.05. The van der Waals surface area contributed by atoms with E-state index in [-0.39, 0.29) is 12.3 Å². The van der Waals surface area contributed by atoms with Gasteiger partial charge in [-0.2, -0.15) is 0 Å². The van der Waals surface area contributed by atoms with Gasteiger partial charge in [-0.1, -0.05) is 5.11 Å². The fourth-order valence-corrected chi connectivity index (χ4v) is 2.04. The van der Waals surface area contributed by atoms with Gasteiger partial charge < -0.3 is 9.14 Å². The molecular weight excluding hydrogens is 326 g/mol. The second kappa shape index (κ2) is 6.23. The molecule has 0 amide bonds. The van der Waals surface area contributed by atoms with Gasteiger partial charge >= 0.3 is 5.97 Å². The average molecular weight is 336 g/mol. The van der Waals surface area contributed by atoms with Gasteiger partial charge in [0.25, 0.3) is 0 Å². The van der Waals surface area contributed by atoms with Crippen LogP contribution in [0, 0.1) is 0 Å². The van der Waals surface area contributed by atoms with Crippen LogP contribution in [0.5, 0.6) is 0 Å². The number of ether oxygens (including phenoxy) is 1. The maximum atomic E-state index is 11.7. The molecule has 0 aliphatic carbocycles. The van der Waals surface area contributed by atoms with E-state index in [2.05, 4.69) is 30.9 Å². The van der Waals surface area contributed by atoms with Crippen LogP contribution in [-0.2, 0) is 9.53 Å². The molecule has 0 saturated heterocycles. The van der Waals surface area contributed by atoms with Gasteiger partial charge in [-0.3, -0.25) is 0 Å². The first-order valence-corrected chi connectivity index (χ1v) is 6.52. The van der Waals surface area contributed by atoms with Crippen molar-refractivity contribution in [2.45, 2.75) is 6.92 Å². The van der Waals surface area contributed by atoms with E-state index in [0.29, 0.717) is 15.8 Å². The Bertz CT molecular complexity index is 731. The van der Waals surface area contributed by atoms with E-state index in [9.17, 15) is 4.79 Å². The van der Waals surface area contributed by atoms with Crippen molar-refractivity contribution < 1.29 is 9.53 Å². The first-order chi connectivity index (χ1) is 9.65. The van der Waals surface area contributed by atoms with Crippen molar-refractivity contribution >= 4 is 33.6 Å². The standard InChI is InChI=1S/C12H10BrN5O2/c1-2-20-12(19)9(16-17-14)6-8-4-3-5-18-7-10(13)15-11(8)18/h3-7H,2H2,1H3/b9-6-. The Labute approximate surface area is 122 Å². The summed E-state index contributed by atoms with van der Waals surface area (Å²) in [5.74, 6) is -0.669. The van der Waals surface area contributed by atoms with Gasteiger partial charge in [-0.25, -0.2) is 9.78 Å². The van der Waals surface area contributed by atoms with Gasteiger partial charge in [-0.15, -0.1) is 0 Å². The number of imidazole rings is 1. The third kappa shape index (κ3) is 2.98. The summed E-state index contributed by atoms with van der Waals surface area (Å²) in [5, 5.41) is 3.37. The number of aromatic nitrogens is 2. The molecule has 0 N–H and O–H groups in total. The van der Waals surface area contributed by atoms with E-state index >= 15 is 0 Å². The van der Waals surface area contributed by atoms with Gasteiger partial charge in [-0.05, 0) is 46.6 Å². The van der Waals surface area contributed by atoms with Gasteiger partial charge in [0.05, 0.1) is 6.61 Å². The average Bonchev–Trinajstić information content (AvgIpc) is 2.80. The van der Waals surface area contributed by atoms with Gasteiger partial charge in [0.15, 0.2) is 0 Å². The summed E-state index contributed by atoms with van der Waals surface area (Å²) in [4.78, 5) is 18.6. The number of azide groups is 1. The van der Waals surface area contributed by atoms with Crippen LogP contribution in [-0.4, -0.2) is 22.0 Å². The molecule has 8 heteroatoms. The van der Waals surface area contributed by atoms with Crippen LogP contribution in [0.1, 0.15) is 12.5 Å². The second-order valence-corrected chi connectivity index (χ2v) is 4.51. The number of halogens is 1. The molecule has 0 unspecified atom stereocenters. The van der Waals surface area contributed by atoms with Gasteiger partial charge in [0.1, 0.15) is 15.9 Å². The molecule has 0 aliphatic rings. The van der Waals surface area contributed by atoms with Crippen molar-refractivity contribution in [2.24, 2.45) is 5.11 Å². The predicted molar refractivity (Wildman–Crippen MR) is 76.6 cm³/mol. The molecule has 0 spiro atoms. The fourth-order valence-electron chi connectivity index (χ4n) is 1.65. The first kappa shape index (κ1) is 14.1. The highest BCUT2D eigenvalue weighted by atomic mass is 79.9. The molecule has 7 nitrogen and oxygen atoms in total. The van der Waals surface area contributed by atoms with Gasteiger partial charge in [0, 0.05) is 22.9 Å². The van der Waals surface area contributed by atoms with Crippen LogP contribution in [0.4, 0.5) is 0 Å². The maximum absolute atomic E-state index is 11.7. The molecule has 2 heterocycles. The lowest BCUT2D eigenvalue weighted by atomic mass is 10.2. The minimum Gasteiger partial charge on any atom is -0.462 e. The number of fused-ring (bicyclic) bond motifs is 1. The summed E-state index contributed by atoms with van der Waals surface area (Å²) in [7, 11) is 0. The van der Waals surface area contributed by atoms with Crippen LogP contribution in [0.2, 0.25) is 0 Å². The zero-order chi connectivity index (χ0) is 14.5. The number of nitrogens with zero attached hydrogens (tertiary/aromatic N) is 5. The van der Waals surface area contributed by atoms with Gasteiger partial charge in [0.2, 0.25) is 0 Å². The summed E-state index contributed by atoms with van der Waals surface area (Å²) < 4.78 is 7.29. The predicted octanol–water partition coefficient (Wildman–Crippen LogP) is 3.31. The lowest BCUT2D eigenvalue weighted by Crippen LogP contribution is -2.05. The summed E-state index contributed by atoms with van der Waals surface area (Å²) in [6.45, 7) is 1.88. The molecule has 0 atom stereocenters. The molecule has 0 aliphatic heterocycles. The van der Waals surface area contributed by atoms with Crippen LogP contribution < -0.4 is 0 Å². The number of hydrogen-bond acceptors (Lipinski definition) is 4. The molecule has 0 bridgehead atoms. The number of hydrogen-bond donors (Lipinski definition) is 0. The number of esters is 1. The fraction of sp³-hybridized carbons (Fsp3) is 0.167. The minimum absolute atomic E-state index is 0.110. The van der Waals surface area contributed by atoms with E-state index in [0.717, 1.165) is 0 Å². The van der Waals surface area contributed by atoms with Crippen molar-refractivity contribution in [1.82, 2.24) is 9.38 Å². The Hall–Kier alpha value is -2.31. The van der Waals surface area contributed by atoms with E-state index in [1.54, 1.807) is 29.7 Å². The number of carbonyl (C=O) groups is 1. The lowest BCUT2D eigenvalue weighted by molar-refractivity contribution is -0.138. The summed E-state index contributed by atoms with van der Waals surface area (Å²) in [5.41, 5.74) is 9.70. The van der Waals surface area contributed by atoms with E-state index in [1.165, 1.54) is 6.08 Å². The topological polar surface area (TPSA) is 92.4 Å². The van der Waals surface area contributed by atoms with Crippen LogP contribution in [0.3, 0.4) is 0 Å². The molecule has 2 aromatic rings. The van der Waals surface area contributed by atoms with Crippen LogP contribution in [0.25, 0.3) is 22.2 Å². The highest BCUT2D eigenvalue weighted by molar-refractivity contribution is 9.10. The molecule has 2 aromatic heterocycles. The smallest absolute Gasteiger partial charge is 0.340 e. The van der Waals surface area contributed by atoms with E-state index in [1.807, 2.05) is 6.20 Å². The Balaban J connectivity index is 2.53. The van der Waals surface area contributed by atoms with E-state index < -0.39 is 5.97 Å². The highest BCUT2D eigenvalue weighted by Gasteiger charge is 2.10. The lowest BCUT2D eigenvalue weighted by Gasteiger charge is -2.02. The molecule has 20 heavy (non-hydrogen) atoms. The molecule has 0 radical (unpaired) electrons. The normalized spacial score (nSPS) is 11.2. The third-order valence-electron chi connectivity index (χ3n) is 2.41. The Morgan fingerprint density at radius 3 is 3.20 bits per heavy atom. The molecule has 102 valence electrons. The number of pyridine rings is 1. The Kier molecular flexibility index (Phi) is 4.39. The van der Waals surface area contributed by atoms with E-state index in [4.69, 9.17) is 10.3 Å². The van der Waals surface area contributed by atoms with Crippen molar-refractivity contribution in [3.63, 3.8) is 0 Å². The SMILES string of the molecule is CCOC(=O)/C(=C/c1cccn2cc(Br)nc12)N=[N+]=[N-]. The van der Waals surface area contributed by atoms with Crippen molar-refractivity contribution in [3.05, 3.63) is 50.8 Å². The molecule has 0 fully saturated rings. The largest absolute Gasteiger partial charge is 0.462 e. The molecule has 0 saturated carbocycles. The molecule has 2 rings (SSSR count). The van der Waals surface area contributed by atoms with Crippen molar-refractivity contribution in [1.29, 1.82) is 0 Å². The first-order valence-electron chi connectivity index (χ1n) is 5.73. The monoisotopic (exact) mass is 335 g/mol. The number of carbonyl (C=O) groups excluding carboxylic acids is 1.